The summed E-state index contributed by atoms with van der Waals surface area (Å²) in [6, 6.07) is 6.86. The lowest BCUT2D eigenvalue weighted by Crippen LogP contribution is -2.39. The highest BCUT2D eigenvalue weighted by Crippen LogP contribution is 2.34. The number of rotatable bonds is 5. The molecule has 0 amide bonds. The van der Waals surface area contributed by atoms with Gasteiger partial charge in [0.25, 0.3) is 0 Å². The normalized spacial score (nSPS) is 17.0. The Balaban J connectivity index is 1.74. The van der Waals surface area contributed by atoms with Crippen molar-refractivity contribution in [1.29, 1.82) is 0 Å². The number of ether oxygens (including phenoxy) is 1. The lowest BCUT2D eigenvalue weighted by atomic mass is 10.2. The molecule has 0 aliphatic carbocycles. The molecule has 1 aliphatic heterocycles. The summed E-state index contributed by atoms with van der Waals surface area (Å²) in [5.74, 6) is 1.52. The maximum Gasteiger partial charge on any atom is 0.416 e. The van der Waals surface area contributed by atoms with Gasteiger partial charge in [-0.25, -0.2) is 0 Å². The molecule has 28 heavy (non-hydrogen) atoms. The number of furan rings is 1. The zero-order chi connectivity index (χ0) is 20.3. The highest BCUT2D eigenvalue weighted by atomic mass is 35.5. The molecule has 152 valence electrons. The van der Waals surface area contributed by atoms with Gasteiger partial charge < -0.3 is 19.4 Å². The number of aryl methyl sites for hydroxylation is 1. The summed E-state index contributed by atoms with van der Waals surface area (Å²) in [6.45, 7) is 3.53. The Kier molecular flexibility index (Phi) is 6.52. The van der Waals surface area contributed by atoms with Crippen LogP contribution in [0, 0.1) is 6.92 Å². The molecule has 2 aromatic rings. The van der Waals surface area contributed by atoms with Crippen molar-refractivity contribution in [2.75, 3.05) is 18.5 Å². The maximum absolute atomic E-state index is 12.8. The van der Waals surface area contributed by atoms with Crippen LogP contribution in [0.15, 0.2) is 34.7 Å². The second kappa shape index (κ2) is 8.71. The van der Waals surface area contributed by atoms with Crippen LogP contribution in [0.4, 0.5) is 18.9 Å². The number of thiocarbonyl (C=S) groups is 1. The quantitative estimate of drug-likeness (QED) is 0.619. The first-order valence-corrected chi connectivity index (χ1v) is 9.60. The second-order valence-electron chi connectivity index (χ2n) is 6.65. The molecule has 9 heteroatoms. The molecule has 3 rings (SSSR count). The Labute approximate surface area is 171 Å². The highest BCUT2D eigenvalue weighted by molar-refractivity contribution is 7.80. The van der Waals surface area contributed by atoms with E-state index in [1.807, 2.05) is 24.0 Å². The average molecular weight is 433 g/mol. The van der Waals surface area contributed by atoms with Crippen LogP contribution in [0.1, 0.15) is 29.9 Å². The Bertz CT molecular complexity index is 835. The fourth-order valence-corrected chi connectivity index (χ4v) is 3.48. The van der Waals surface area contributed by atoms with Crippen LogP contribution in [0.3, 0.4) is 0 Å². The minimum atomic E-state index is -4.45. The second-order valence-corrected chi connectivity index (χ2v) is 7.44. The molecule has 2 heterocycles. The van der Waals surface area contributed by atoms with Crippen molar-refractivity contribution in [2.24, 2.45) is 0 Å². The van der Waals surface area contributed by atoms with Crippen LogP contribution in [-0.4, -0.2) is 29.3 Å². The molecule has 0 radical (unpaired) electrons. The van der Waals surface area contributed by atoms with Crippen LogP contribution in [0.2, 0.25) is 5.02 Å². The van der Waals surface area contributed by atoms with Gasteiger partial charge in [-0.15, -0.1) is 0 Å². The van der Waals surface area contributed by atoms with Crippen LogP contribution in [0.25, 0.3) is 0 Å². The Morgan fingerprint density at radius 2 is 2.11 bits per heavy atom. The van der Waals surface area contributed by atoms with Gasteiger partial charge >= 0.3 is 6.18 Å². The molecule has 4 nitrogen and oxygen atoms in total. The lowest BCUT2D eigenvalue weighted by Gasteiger charge is -2.27. The van der Waals surface area contributed by atoms with E-state index in [0.717, 1.165) is 36.5 Å². The molecule has 1 aromatic carbocycles. The topological polar surface area (TPSA) is 37.6 Å². The van der Waals surface area contributed by atoms with Gasteiger partial charge in [-0.2, -0.15) is 13.2 Å². The zero-order valence-electron chi connectivity index (χ0n) is 15.2. The zero-order valence-corrected chi connectivity index (χ0v) is 16.8. The van der Waals surface area contributed by atoms with Gasteiger partial charge in [0.1, 0.15) is 11.5 Å². The summed E-state index contributed by atoms with van der Waals surface area (Å²) in [6.07, 6.45) is -2.49. The smallest absolute Gasteiger partial charge is 0.416 e. The molecular weight excluding hydrogens is 413 g/mol. The van der Waals surface area contributed by atoms with E-state index in [-0.39, 0.29) is 11.1 Å². The van der Waals surface area contributed by atoms with Gasteiger partial charge in [-0.1, -0.05) is 11.6 Å². The van der Waals surface area contributed by atoms with Gasteiger partial charge in [0, 0.05) is 13.2 Å². The van der Waals surface area contributed by atoms with Gasteiger partial charge in [-0.3, -0.25) is 0 Å². The molecule has 1 atom stereocenters. The monoisotopic (exact) mass is 432 g/mol. The van der Waals surface area contributed by atoms with E-state index >= 15 is 0 Å². The van der Waals surface area contributed by atoms with Gasteiger partial charge in [0.2, 0.25) is 0 Å². The van der Waals surface area contributed by atoms with Crippen LogP contribution >= 0.6 is 23.8 Å². The van der Waals surface area contributed by atoms with Crippen molar-refractivity contribution < 1.29 is 22.3 Å². The number of alkyl halides is 3. The molecule has 0 saturated carbocycles. The van der Waals surface area contributed by atoms with E-state index < -0.39 is 11.7 Å². The Hall–Kier alpha value is -1.77. The van der Waals surface area contributed by atoms with E-state index in [2.05, 4.69) is 5.32 Å². The molecular formula is C19H20ClF3N2O2S. The predicted octanol–water partition coefficient (Wildman–Crippen LogP) is 5.64. The number of halogens is 4. The van der Waals surface area contributed by atoms with Crippen molar-refractivity contribution in [3.05, 3.63) is 52.4 Å². The summed E-state index contributed by atoms with van der Waals surface area (Å²) in [7, 11) is 0. The number of nitrogens with zero attached hydrogens (tertiary/aromatic N) is 1. The summed E-state index contributed by atoms with van der Waals surface area (Å²) >= 11 is 11.5. The molecule has 1 fully saturated rings. The van der Waals surface area contributed by atoms with Crippen LogP contribution in [-0.2, 0) is 17.5 Å². The molecule has 0 bridgehead atoms. The number of anilines is 1. The summed E-state index contributed by atoms with van der Waals surface area (Å²) in [5.41, 5.74) is -0.496. The van der Waals surface area contributed by atoms with Gasteiger partial charge in [0.05, 0.1) is 28.9 Å². The van der Waals surface area contributed by atoms with E-state index in [1.54, 1.807) is 0 Å². The van der Waals surface area contributed by atoms with Gasteiger partial charge in [0.15, 0.2) is 5.11 Å². The SMILES string of the molecule is Cc1ccc(CN(C[C@@H]2CCCO2)C(=S)Nc2ccc(C(F)(F)F)cc2Cl)o1. The molecule has 1 aromatic heterocycles. The number of nitrogens with one attached hydrogen (secondary N) is 1. The third kappa shape index (κ3) is 5.40. The molecule has 0 unspecified atom stereocenters. The molecule has 1 N–H and O–H groups in total. The summed E-state index contributed by atoms with van der Waals surface area (Å²) in [4.78, 5) is 1.87. The fourth-order valence-electron chi connectivity index (χ4n) is 3.00. The third-order valence-corrected chi connectivity index (χ3v) is 5.09. The lowest BCUT2D eigenvalue weighted by molar-refractivity contribution is -0.137. The standard InChI is InChI=1S/C19H20ClF3N2O2S/c1-12-4-6-15(27-12)11-25(10-14-3-2-8-26-14)18(28)24-17-7-5-13(9-16(17)20)19(21,22)23/h4-7,9,14H,2-3,8,10-11H2,1H3,(H,24,28)/t14-/m0/s1. The molecule has 1 aliphatic rings. The predicted molar refractivity (Wildman–Crippen MR) is 106 cm³/mol. The van der Waals surface area contributed by atoms with E-state index in [0.29, 0.717) is 30.5 Å². The first kappa shape index (κ1) is 21.0. The van der Waals surface area contributed by atoms with Crippen molar-refractivity contribution in [1.82, 2.24) is 4.90 Å². The minimum absolute atomic E-state index is 0.0406. The fraction of sp³-hybridized carbons (Fsp3) is 0.421. The van der Waals surface area contributed by atoms with Crippen molar-refractivity contribution in [3.63, 3.8) is 0 Å². The number of benzene rings is 1. The Morgan fingerprint density at radius 1 is 1.32 bits per heavy atom. The number of hydrogen-bond acceptors (Lipinski definition) is 3. The number of hydrogen-bond donors (Lipinski definition) is 1. The first-order chi connectivity index (χ1) is 13.2. The molecule has 1 saturated heterocycles. The van der Waals surface area contributed by atoms with E-state index in [4.69, 9.17) is 33.0 Å². The average Bonchev–Trinajstić information content (AvgIpc) is 3.27. The van der Waals surface area contributed by atoms with Crippen molar-refractivity contribution in [2.45, 2.75) is 38.6 Å². The molecule has 0 spiro atoms. The van der Waals surface area contributed by atoms with Crippen molar-refractivity contribution in [3.8, 4) is 0 Å². The van der Waals surface area contributed by atoms with Crippen LogP contribution in [0.5, 0.6) is 0 Å². The maximum atomic E-state index is 12.8. The summed E-state index contributed by atoms with van der Waals surface area (Å²) < 4.78 is 49.8. The van der Waals surface area contributed by atoms with Crippen LogP contribution < -0.4 is 5.32 Å². The first-order valence-electron chi connectivity index (χ1n) is 8.82. The largest absolute Gasteiger partial charge is 0.464 e. The van der Waals surface area contributed by atoms with Gasteiger partial charge in [-0.05, 0) is 62.3 Å². The Morgan fingerprint density at radius 3 is 2.68 bits per heavy atom. The minimum Gasteiger partial charge on any atom is -0.464 e. The highest BCUT2D eigenvalue weighted by Gasteiger charge is 2.31. The van der Waals surface area contributed by atoms with E-state index in [1.165, 1.54) is 6.07 Å². The third-order valence-electron chi connectivity index (χ3n) is 4.42. The van der Waals surface area contributed by atoms with E-state index in [9.17, 15) is 13.2 Å². The summed E-state index contributed by atoms with van der Waals surface area (Å²) in [5, 5.41) is 3.24. The van der Waals surface area contributed by atoms with Crippen molar-refractivity contribution >= 4 is 34.6 Å².